The highest BCUT2D eigenvalue weighted by molar-refractivity contribution is 5.92. The molecule has 152 valence electrons. The lowest BCUT2D eigenvalue weighted by atomic mass is 9.92. The van der Waals surface area contributed by atoms with E-state index in [4.69, 9.17) is 5.11 Å². The number of carbonyl (C=O) groups is 2. The third-order valence-electron chi connectivity index (χ3n) is 4.84. The van der Waals surface area contributed by atoms with Crippen molar-refractivity contribution in [3.63, 3.8) is 0 Å². The number of nitrogens with one attached hydrogen (secondary N) is 1. The Morgan fingerprint density at radius 2 is 1.93 bits per heavy atom. The second kappa shape index (κ2) is 7.28. The van der Waals surface area contributed by atoms with Crippen LogP contribution in [0.1, 0.15) is 78.4 Å². The van der Waals surface area contributed by atoms with E-state index in [1.54, 1.807) is 11.0 Å². The van der Waals surface area contributed by atoms with E-state index in [-0.39, 0.29) is 11.3 Å². The summed E-state index contributed by atoms with van der Waals surface area (Å²) < 4.78 is 27.6. The van der Waals surface area contributed by atoms with Crippen molar-refractivity contribution in [1.29, 1.82) is 0 Å². The summed E-state index contributed by atoms with van der Waals surface area (Å²) in [5.41, 5.74) is -0.445. The molecule has 28 heavy (non-hydrogen) atoms. The summed E-state index contributed by atoms with van der Waals surface area (Å²) in [7, 11) is 0. The first-order chi connectivity index (χ1) is 13.1. The van der Waals surface area contributed by atoms with Gasteiger partial charge in [0.05, 0.1) is 6.04 Å². The number of hydrogen-bond acceptors (Lipinski definition) is 5. The Morgan fingerprint density at radius 1 is 1.29 bits per heavy atom. The fraction of sp³-hybridized carbons (Fsp3) is 0.588. The van der Waals surface area contributed by atoms with Crippen LogP contribution >= 0.6 is 0 Å². The summed E-state index contributed by atoms with van der Waals surface area (Å²) >= 11 is 0. The van der Waals surface area contributed by atoms with Crippen LogP contribution in [0, 0.1) is 0 Å². The Hall–Kier alpha value is -2.85. The maximum absolute atomic E-state index is 13.3. The Balaban J connectivity index is 1.70. The molecule has 1 amide bonds. The number of likely N-dealkylation sites (tertiary alicyclic amines) is 1. The summed E-state index contributed by atoms with van der Waals surface area (Å²) in [4.78, 5) is 25.4. The summed E-state index contributed by atoms with van der Waals surface area (Å²) in [5.74, 6) is -1.77. The van der Waals surface area contributed by atoms with Gasteiger partial charge in [0.25, 0.3) is 12.3 Å². The number of carboxylic acid groups (broad SMARTS) is 1. The number of halogens is 2. The number of aromatic nitrogens is 5. The molecule has 1 saturated heterocycles. The monoisotopic (exact) mass is 396 g/mol. The van der Waals surface area contributed by atoms with Crippen molar-refractivity contribution in [2.24, 2.45) is 0 Å². The second-order valence-electron chi connectivity index (χ2n) is 7.81. The smallest absolute Gasteiger partial charge is 0.358 e. The maximum Gasteiger partial charge on any atom is 0.358 e. The summed E-state index contributed by atoms with van der Waals surface area (Å²) in [6.45, 7) is 6.66. The highest BCUT2D eigenvalue weighted by Crippen LogP contribution is 2.30. The molecule has 0 radical (unpaired) electrons. The second-order valence-corrected chi connectivity index (χ2v) is 7.81. The molecule has 9 nitrogen and oxygen atoms in total. The third kappa shape index (κ3) is 3.73. The van der Waals surface area contributed by atoms with Crippen LogP contribution in [0.25, 0.3) is 0 Å². The molecule has 0 atom stereocenters. The molecular weight excluding hydrogens is 374 g/mol. The van der Waals surface area contributed by atoms with Crippen molar-refractivity contribution in [3.05, 3.63) is 28.8 Å². The van der Waals surface area contributed by atoms with Gasteiger partial charge in [-0.3, -0.25) is 9.89 Å². The fourth-order valence-corrected chi connectivity index (χ4v) is 3.22. The molecule has 1 aliphatic heterocycles. The number of H-pyrrole nitrogens is 1. The predicted octanol–water partition coefficient (Wildman–Crippen LogP) is 2.41. The quantitative estimate of drug-likeness (QED) is 0.820. The van der Waals surface area contributed by atoms with Crippen LogP contribution in [0.15, 0.2) is 6.07 Å². The molecule has 0 unspecified atom stereocenters. The molecule has 11 heteroatoms. The van der Waals surface area contributed by atoms with Crippen molar-refractivity contribution < 1.29 is 23.5 Å². The van der Waals surface area contributed by atoms with E-state index in [9.17, 15) is 18.4 Å². The van der Waals surface area contributed by atoms with Gasteiger partial charge in [-0.1, -0.05) is 26.0 Å². The molecule has 0 bridgehead atoms. The summed E-state index contributed by atoms with van der Waals surface area (Å²) in [5, 5.41) is 23.0. The molecule has 3 rings (SSSR count). The number of hydrogen-bond donors (Lipinski definition) is 2. The molecule has 3 heterocycles. The number of carbonyl (C=O) groups excluding carboxylic acids is 1. The lowest BCUT2D eigenvalue weighted by molar-refractivity contribution is 0.0664. The number of rotatable bonds is 4. The van der Waals surface area contributed by atoms with Crippen LogP contribution in [0.2, 0.25) is 0 Å². The van der Waals surface area contributed by atoms with Crippen LogP contribution in [0.3, 0.4) is 0 Å². The van der Waals surface area contributed by atoms with Crippen molar-refractivity contribution in [2.45, 2.75) is 51.5 Å². The van der Waals surface area contributed by atoms with Crippen molar-refractivity contribution in [3.8, 4) is 0 Å². The van der Waals surface area contributed by atoms with Crippen LogP contribution in [0.5, 0.6) is 0 Å². The molecule has 1 aliphatic rings. The van der Waals surface area contributed by atoms with E-state index < -0.39 is 29.8 Å². The Bertz CT molecular complexity index is 878. The van der Waals surface area contributed by atoms with Crippen LogP contribution in [-0.4, -0.2) is 60.2 Å². The molecule has 0 saturated carbocycles. The first kappa shape index (κ1) is 19.9. The number of carboxylic acids is 1. The molecular formula is C17H22F2N6O3. The van der Waals surface area contributed by atoms with Gasteiger partial charge in [0, 0.05) is 24.2 Å². The van der Waals surface area contributed by atoms with Crippen LogP contribution in [-0.2, 0) is 5.41 Å². The zero-order chi connectivity index (χ0) is 20.6. The number of piperidine rings is 1. The molecule has 0 spiro atoms. The van der Waals surface area contributed by atoms with E-state index in [2.05, 4.69) is 20.5 Å². The average molecular weight is 396 g/mol. The number of amides is 1. The van der Waals surface area contributed by atoms with Gasteiger partial charge in [-0.05, 0) is 18.9 Å². The van der Waals surface area contributed by atoms with Crippen molar-refractivity contribution in [2.75, 3.05) is 13.1 Å². The summed E-state index contributed by atoms with van der Waals surface area (Å²) in [6.07, 6.45) is -2.27. The Labute approximate surface area is 159 Å². The van der Waals surface area contributed by atoms with Crippen LogP contribution < -0.4 is 0 Å². The highest BCUT2D eigenvalue weighted by Gasteiger charge is 2.33. The topological polar surface area (TPSA) is 117 Å². The zero-order valence-corrected chi connectivity index (χ0v) is 15.8. The van der Waals surface area contributed by atoms with Gasteiger partial charge < -0.3 is 10.0 Å². The number of aromatic carboxylic acids is 1. The van der Waals surface area contributed by atoms with E-state index in [0.717, 1.165) is 10.4 Å². The van der Waals surface area contributed by atoms with Gasteiger partial charge in [0.1, 0.15) is 11.4 Å². The predicted molar refractivity (Wildman–Crippen MR) is 93.4 cm³/mol. The number of nitrogens with zero attached hydrogens (tertiary/aromatic N) is 5. The Kier molecular flexibility index (Phi) is 5.18. The van der Waals surface area contributed by atoms with Crippen molar-refractivity contribution in [1.82, 2.24) is 30.1 Å². The van der Waals surface area contributed by atoms with E-state index >= 15 is 0 Å². The SMILES string of the molecule is CC(C)(C)c1cc(C(=O)N2CCC(n3nnc(C(=O)O)c3C(F)F)CC2)n[nH]1. The molecule has 0 aromatic carbocycles. The number of aromatic amines is 1. The standard InChI is InChI=1S/C17H22F2N6O3/c1-17(2,3)11-8-10(20-21-11)15(26)24-6-4-9(5-7-24)25-13(14(18)19)12(16(27)28)22-23-25/h8-9,14H,4-7H2,1-3H3,(H,20,21)(H,27,28). The molecule has 2 aromatic rings. The lowest BCUT2D eigenvalue weighted by Crippen LogP contribution is -2.39. The highest BCUT2D eigenvalue weighted by atomic mass is 19.3. The molecule has 1 fully saturated rings. The van der Waals surface area contributed by atoms with Crippen LogP contribution in [0.4, 0.5) is 8.78 Å². The van der Waals surface area contributed by atoms with Gasteiger partial charge in [0.2, 0.25) is 0 Å². The van der Waals surface area contributed by atoms with Gasteiger partial charge in [0.15, 0.2) is 5.69 Å². The largest absolute Gasteiger partial charge is 0.476 e. The van der Waals surface area contributed by atoms with Gasteiger partial charge in [-0.15, -0.1) is 5.10 Å². The third-order valence-corrected chi connectivity index (χ3v) is 4.84. The average Bonchev–Trinajstić information content (AvgIpc) is 3.28. The zero-order valence-electron chi connectivity index (χ0n) is 15.8. The minimum Gasteiger partial charge on any atom is -0.476 e. The molecule has 0 aliphatic carbocycles. The maximum atomic E-state index is 13.3. The van der Waals surface area contributed by atoms with E-state index in [1.165, 1.54) is 0 Å². The Morgan fingerprint density at radius 3 is 2.43 bits per heavy atom. The molecule has 2 aromatic heterocycles. The van der Waals surface area contributed by atoms with E-state index in [1.807, 2.05) is 20.8 Å². The van der Waals surface area contributed by atoms with Gasteiger partial charge in [-0.2, -0.15) is 5.10 Å². The normalized spacial score (nSPS) is 16.0. The minimum absolute atomic E-state index is 0.168. The summed E-state index contributed by atoms with van der Waals surface area (Å²) in [6, 6.07) is 1.28. The molecule has 2 N–H and O–H groups in total. The fourth-order valence-electron chi connectivity index (χ4n) is 3.22. The first-order valence-corrected chi connectivity index (χ1v) is 8.91. The first-order valence-electron chi connectivity index (χ1n) is 8.91. The van der Waals surface area contributed by atoms with Gasteiger partial charge >= 0.3 is 5.97 Å². The van der Waals surface area contributed by atoms with E-state index in [0.29, 0.717) is 31.6 Å². The number of alkyl halides is 2. The lowest BCUT2D eigenvalue weighted by Gasteiger charge is -2.32. The minimum atomic E-state index is -3.00. The van der Waals surface area contributed by atoms with Crippen molar-refractivity contribution >= 4 is 11.9 Å². The van der Waals surface area contributed by atoms with Gasteiger partial charge in [-0.25, -0.2) is 18.3 Å².